The highest BCUT2D eigenvalue weighted by atomic mass is 32.2. The van der Waals surface area contributed by atoms with Crippen LogP contribution in [0.1, 0.15) is 35.0 Å². The standard InChI is InChI=1S/C16H23N3O2S/c1-6-19-14(5)15(13(4)18-19)10-17-22(20,21)16-8-7-11(2)9-12(16)3/h7-9,17H,6,10H2,1-5H3. The van der Waals surface area contributed by atoms with Crippen LogP contribution in [0.25, 0.3) is 0 Å². The molecule has 0 saturated heterocycles. The second-order valence-electron chi connectivity index (χ2n) is 5.56. The lowest BCUT2D eigenvalue weighted by Crippen LogP contribution is -2.24. The van der Waals surface area contributed by atoms with E-state index in [4.69, 9.17) is 0 Å². The summed E-state index contributed by atoms with van der Waals surface area (Å²) in [5.41, 5.74) is 4.61. The summed E-state index contributed by atoms with van der Waals surface area (Å²) in [6.07, 6.45) is 0. The Morgan fingerprint density at radius 1 is 1.18 bits per heavy atom. The van der Waals surface area contributed by atoms with Crippen LogP contribution in [0.5, 0.6) is 0 Å². The van der Waals surface area contributed by atoms with Gasteiger partial charge in [0.05, 0.1) is 10.6 Å². The summed E-state index contributed by atoms with van der Waals surface area (Å²) in [4.78, 5) is 0.330. The first-order chi connectivity index (χ1) is 10.3. The molecular formula is C16H23N3O2S. The van der Waals surface area contributed by atoms with E-state index < -0.39 is 10.0 Å². The van der Waals surface area contributed by atoms with E-state index in [0.29, 0.717) is 4.90 Å². The van der Waals surface area contributed by atoms with Crippen LogP contribution < -0.4 is 4.72 Å². The molecule has 6 heteroatoms. The van der Waals surface area contributed by atoms with E-state index in [-0.39, 0.29) is 6.54 Å². The first-order valence-electron chi connectivity index (χ1n) is 7.36. The SMILES string of the molecule is CCn1nc(C)c(CNS(=O)(=O)c2ccc(C)cc2C)c1C. The van der Waals surface area contributed by atoms with Crippen molar-refractivity contribution < 1.29 is 8.42 Å². The average molecular weight is 321 g/mol. The molecule has 2 rings (SSSR count). The van der Waals surface area contributed by atoms with Gasteiger partial charge in [-0.25, -0.2) is 13.1 Å². The smallest absolute Gasteiger partial charge is 0.241 e. The third kappa shape index (κ3) is 3.23. The lowest BCUT2D eigenvalue weighted by molar-refractivity contribution is 0.580. The number of rotatable bonds is 5. The minimum atomic E-state index is -3.52. The van der Waals surface area contributed by atoms with Gasteiger partial charge in [0.2, 0.25) is 10.0 Å². The van der Waals surface area contributed by atoms with E-state index in [0.717, 1.165) is 34.6 Å². The Labute approximate surface area is 132 Å². The van der Waals surface area contributed by atoms with Gasteiger partial charge in [-0.2, -0.15) is 5.10 Å². The molecule has 0 spiro atoms. The van der Waals surface area contributed by atoms with Crippen LogP contribution in [-0.4, -0.2) is 18.2 Å². The molecule has 22 heavy (non-hydrogen) atoms. The maximum absolute atomic E-state index is 12.5. The van der Waals surface area contributed by atoms with E-state index in [1.807, 2.05) is 51.4 Å². The summed E-state index contributed by atoms with van der Waals surface area (Å²) in [6.45, 7) is 10.7. The molecule has 0 aliphatic carbocycles. The third-order valence-electron chi connectivity index (χ3n) is 3.89. The van der Waals surface area contributed by atoms with Crippen LogP contribution in [-0.2, 0) is 23.1 Å². The van der Waals surface area contributed by atoms with Crippen LogP contribution >= 0.6 is 0 Å². The Balaban J connectivity index is 2.25. The second kappa shape index (κ2) is 6.22. The fourth-order valence-electron chi connectivity index (χ4n) is 2.64. The van der Waals surface area contributed by atoms with E-state index in [1.165, 1.54) is 0 Å². The summed E-state index contributed by atoms with van der Waals surface area (Å²) in [5, 5.41) is 4.41. The van der Waals surface area contributed by atoms with Crippen molar-refractivity contribution in [1.82, 2.24) is 14.5 Å². The van der Waals surface area contributed by atoms with Crippen molar-refractivity contribution in [3.63, 3.8) is 0 Å². The Kier molecular flexibility index (Phi) is 4.72. The van der Waals surface area contributed by atoms with Gasteiger partial charge in [-0.15, -0.1) is 0 Å². The van der Waals surface area contributed by atoms with Gasteiger partial charge in [-0.3, -0.25) is 4.68 Å². The van der Waals surface area contributed by atoms with Gasteiger partial charge in [0, 0.05) is 24.3 Å². The highest BCUT2D eigenvalue weighted by Crippen LogP contribution is 2.18. The zero-order valence-electron chi connectivity index (χ0n) is 13.8. The minimum absolute atomic E-state index is 0.257. The van der Waals surface area contributed by atoms with Crippen LogP contribution in [0.15, 0.2) is 23.1 Å². The molecule has 0 unspecified atom stereocenters. The molecular weight excluding hydrogens is 298 g/mol. The second-order valence-corrected chi connectivity index (χ2v) is 7.29. The molecule has 0 fully saturated rings. The minimum Gasteiger partial charge on any atom is -0.270 e. The van der Waals surface area contributed by atoms with Gasteiger partial charge in [0.15, 0.2) is 0 Å². The van der Waals surface area contributed by atoms with Crippen LogP contribution in [0, 0.1) is 27.7 Å². The molecule has 1 aromatic heterocycles. The summed E-state index contributed by atoms with van der Waals surface area (Å²) >= 11 is 0. The first-order valence-corrected chi connectivity index (χ1v) is 8.84. The normalized spacial score (nSPS) is 11.9. The summed E-state index contributed by atoms with van der Waals surface area (Å²) in [5.74, 6) is 0. The van der Waals surface area contributed by atoms with Gasteiger partial charge in [0.1, 0.15) is 0 Å². The number of nitrogens with one attached hydrogen (secondary N) is 1. The summed E-state index contributed by atoms with van der Waals surface area (Å²) in [6, 6.07) is 5.34. The molecule has 0 aliphatic heterocycles. The van der Waals surface area contributed by atoms with E-state index in [1.54, 1.807) is 6.07 Å². The number of nitrogens with zero attached hydrogens (tertiary/aromatic N) is 2. The zero-order chi connectivity index (χ0) is 16.5. The fourth-order valence-corrected chi connectivity index (χ4v) is 3.86. The Bertz CT molecular complexity index is 792. The van der Waals surface area contributed by atoms with Crippen molar-refractivity contribution in [2.24, 2.45) is 0 Å². The highest BCUT2D eigenvalue weighted by molar-refractivity contribution is 7.89. The molecule has 2 aromatic rings. The number of aryl methyl sites for hydroxylation is 4. The Morgan fingerprint density at radius 3 is 2.41 bits per heavy atom. The Hall–Kier alpha value is -1.66. The first kappa shape index (κ1) is 16.7. The maximum atomic E-state index is 12.5. The van der Waals surface area contributed by atoms with Crippen LogP contribution in [0.4, 0.5) is 0 Å². The molecule has 120 valence electrons. The lowest BCUT2D eigenvalue weighted by Gasteiger charge is -2.10. The van der Waals surface area contributed by atoms with Gasteiger partial charge < -0.3 is 0 Å². The number of benzene rings is 1. The molecule has 1 N–H and O–H groups in total. The molecule has 0 saturated carbocycles. The van der Waals surface area contributed by atoms with Crippen molar-refractivity contribution in [3.05, 3.63) is 46.3 Å². The van der Waals surface area contributed by atoms with Crippen LogP contribution in [0.3, 0.4) is 0 Å². The molecule has 0 radical (unpaired) electrons. The average Bonchev–Trinajstić information content (AvgIpc) is 2.70. The molecule has 1 heterocycles. The van der Waals surface area contributed by atoms with Crippen molar-refractivity contribution in [2.75, 3.05) is 0 Å². The van der Waals surface area contributed by atoms with E-state index >= 15 is 0 Å². The number of hydrogen-bond acceptors (Lipinski definition) is 3. The predicted octanol–water partition coefficient (Wildman–Crippen LogP) is 2.62. The topological polar surface area (TPSA) is 64.0 Å². The highest BCUT2D eigenvalue weighted by Gasteiger charge is 2.18. The number of hydrogen-bond donors (Lipinski definition) is 1. The van der Waals surface area contributed by atoms with Crippen LogP contribution in [0.2, 0.25) is 0 Å². The van der Waals surface area contributed by atoms with Gasteiger partial charge >= 0.3 is 0 Å². The molecule has 0 atom stereocenters. The van der Waals surface area contributed by atoms with Gasteiger partial charge in [0.25, 0.3) is 0 Å². The van der Waals surface area contributed by atoms with Gasteiger partial charge in [-0.05, 0) is 46.2 Å². The van der Waals surface area contributed by atoms with Crippen molar-refractivity contribution >= 4 is 10.0 Å². The summed E-state index contributed by atoms with van der Waals surface area (Å²) in [7, 11) is -3.52. The molecule has 1 aromatic carbocycles. The van der Waals surface area contributed by atoms with Crippen molar-refractivity contribution in [1.29, 1.82) is 0 Å². The van der Waals surface area contributed by atoms with Crippen molar-refractivity contribution in [2.45, 2.75) is 52.6 Å². The van der Waals surface area contributed by atoms with Crippen molar-refractivity contribution in [3.8, 4) is 0 Å². The maximum Gasteiger partial charge on any atom is 0.241 e. The third-order valence-corrected chi connectivity index (χ3v) is 5.45. The van der Waals surface area contributed by atoms with E-state index in [2.05, 4.69) is 9.82 Å². The number of sulfonamides is 1. The molecule has 0 bridgehead atoms. The molecule has 5 nitrogen and oxygen atoms in total. The lowest BCUT2D eigenvalue weighted by atomic mass is 10.2. The Morgan fingerprint density at radius 2 is 1.86 bits per heavy atom. The summed E-state index contributed by atoms with van der Waals surface area (Å²) < 4.78 is 29.6. The quantitative estimate of drug-likeness (QED) is 0.920. The predicted molar refractivity (Wildman–Crippen MR) is 87.3 cm³/mol. The monoisotopic (exact) mass is 321 g/mol. The zero-order valence-corrected chi connectivity index (χ0v) is 14.6. The fraction of sp³-hybridized carbons (Fsp3) is 0.438. The molecule has 0 aliphatic rings. The van der Waals surface area contributed by atoms with Gasteiger partial charge in [-0.1, -0.05) is 17.7 Å². The number of aromatic nitrogens is 2. The molecule has 0 amide bonds. The largest absolute Gasteiger partial charge is 0.270 e. The van der Waals surface area contributed by atoms with E-state index in [9.17, 15) is 8.42 Å².